The van der Waals surface area contributed by atoms with E-state index in [0.717, 1.165) is 30.1 Å². The van der Waals surface area contributed by atoms with Gasteiger partial charge in [0.15, 0.2) is 0 Å². The highest BCUT2D eigenvalue weighted by atomic mass is 16.1. The van der Waals surface area contributed by atoms with Gasteiger partial charge in [-0.2, -0.15) is 0 Å². The lowest BCUT2D eigenvalue weighted by atomic mass is 10.0. The molecule has 5 nitrogen and oxygen atoms in total. The van der Waals surface area contributed by atoms with Gasteiger partial charge in [-0.15, -0.1) is 0 Å². The highest BCUT2D eigenvalue weighted by Crippen LogP contribution is 2.24. The van der Waals surface area contributed by atoms with Crippen molar-refractivity contribution in [3.05, 3.63) is 28.4 Å². The van der Waals surface area contributed by atoms with E-state index in [1.807, 2.05) is 33.9 Å². The number of hydrogen-bond donors (Lipinski definition) is 2. The number of nitrogens with one attached hydrogen (secondary N) is 2. The van der Waals surface area contributed by atoms with E-state index in [0.29, 0.717) is 5.52 Å². The lowest BCUT2D eigenvalue weighted by Gasteiger charge is -2.15. The van der Waals surface area contributed by atoms with E-state index < -0.39 is 0 Å². The molecule has 2 aromatic heterocycles. The first kappa shape index (κ1) is 25.4. The molecule has 1 atom stereocenters. The van der Waals surface area contributed by atoms with Crippen molar-refractivity contribution in [1.29, 1.82) is 0 Å². The Morgan fingerprint density at radius 1 is 1.15 bits per heavy atom. The Balaban J connectivity index is 0.000000860. The van der Waals surface area contributed by atoms with Crippen molar-refractivity contribution < 1.29 is 0 Å². The summed E-state index contributed by atoms with van der Waals surface area (Å²) in [5.74, 6) is 0.844. The second-order valence-electron chi connectivity index (χ2n) is 6.51. The average molecular weight is 379 g/mol. The van der Waals surface area contributed by atoms with Gasteiger partial charge in [0.05, 0.1) is 11.8 Å². The monoisotopic (exact) mass is 378 g/mol. The molecule has 0 aliphatic carbocycles. The Hall–Kier alpha value is -1.62. The van der Waals surface area contributed by atoms with Gasteiger partial charge in [-0.25, -0.2) is 4.98 Å². The zero-order valence-electron chi connectivity index (χ0n) is 18.7. The summed E-state index contributed by atoms with van der Waals surface area (Å²) >= 11 is 0. The minimum atomic E-state index is -0.0940. The number of hydrogen-bond acceptors (Lipinski definition) is 3. The van der Waals surface area contributed by atoms with Crippen molar-refractivity contribution in [2.24, 2.45) is 5.92 Å². The lowest BCUT2D eigenvalue weighted by molar-refractivity contribution is 0.313. The highest BCUT2D eigenvalue weighted by Gasteiger charge is 2.22. The number of H-pyrrole nitrogens is 2. The van der Waals surface area contributed by atoms with Crippen LogP contribution in [0, 0.1) is 5.92 Å². The number of rotatable bonds is 5. The molecule has 1 aliphatic heterocycles. The van der Waals surface area contributed by atoms with Crippen LogP contribution in [-0.2, 0) is 6.54 Å². The van der Waals surface area contributed by atoms with Crippen LogP contribution in [0.3, 0.4) is 0 Å². The van der Waals surface area contributed by atoms with Crippen LogP contribution >= 0.6 is 0 Å². The molecule has 0 saturated carbocycles. The number of fused-ring (bicyclic) bond motifs is 1. The predicted molar refractivity (Wildman–Crippen MR) is 118 cm³/mol. The Morgan fingerprint density at radius 3 is 2.44 bits per heavy atom. The quantitative estimate of drug-likeness (QED) is 0.698. The molecule has 0 bridgehead atoms. The molecule has 0 radical (unpaired) electrons. The molecule has 156 valence electrons. The zero-order valence-corrected chi connectivity index (χ0v) is 18.7. The summed E-state index contributed by atoms with van der Waals surface area (Å²) < 4.78 is 0. The van der Waals surface area contributed by atoms with Crippen molar-refractivity contribution in [2.45, 2.75) is 87.1 Å². The average Bonchev–Trinajstić information content (AvgIpc) is 3.32. The first-order valence-electron chi connectivity index (χ1n) is 11.0. The second kappa shape index (κ2) is 15.4. The molecule has 1 saturated heterocycles. The molecular formula is C22H42N4O. The van der Waals surface area contributed by atoms with Crippen LogP contribution in [0.25, 0.3) is 11.0 Å². The maximum Gasteiger partial charge on any atom is 0.275 e. The Kier molecular flexibility index (Phi) is 14.5. The van der Waals surface area contributed by atoms with Crippen LogP contribution in [0.5, 0.6) is 0 Å². The van der Waals surface area contributed by atoms with E-state index in [-0.39, 0.29) is 5.56 Å². The molecule has 2 N–H and O–H groups in total. The van der Waals surface area contributed by atoms with Gasteiger partial charge in [0.2, 0.25) is 0 Å². The number of nitrogens with zero attached hydrogens (tertiary/aromatic N) is 2. The predicted octanol–water partition coefficient (Wildman–Crippen LogP) is 5.73. The molecule has 27 heavy (non-hydrogen) atoms. The van der Waals surface area contributed by atoms with Gasteiger partial charge < -0.3 is 9.97 Å². The Labute approximate surface area is 166 Å². The third kappa shape index (κ3) is 8.29. The van der Waals surface area contributed by atoms with Gasteiger partial charge >= 0.3 is 0 Å². The fourth-order valence-corrected chi connectivity index (χ4v) is 3.15. The number of aromatic nitrogens is 3. The summed E-state index contributed by atoms with van der Waals surface area (Å²) in [4.78, 5) is 24.1. The largest absolute Gasteiger partial charge is 0.355 e. The molecule has 0 aromatic carbocycles. The second-order valence-corrected chi connectivity index (χ2v) is 6.51. The fraction of sp³-hybridized carbons (Fsp3) is 0.727. The van der Waals surface area contributed by atoms with Crippen molar-refractivity contribution >= 4 is 11.0 Å². The van der Waals surface area contributed by atoms with Crippen molar-refractivity contribution in [1.82, 2.24) is 19.9 Å². The minimum absolute atomic E-state index is 0.0940. The zero-order chi connectivity index (χ0) is 20.7. The molecule has 3 rings (SSSR count). The molecule has 1 aliphatic rings. The van der Waals surface area contributed by atoms with Crippen LogP contribution in [-0.4, -0.2) is 32.9 Å². The van der Waals surface area contributed by atoms with E-state index >= 15 is 0 Å². The topological polar surface area (TPSA) is 64.8 Å². The summed E-state index contributed by atoms with van der Waals surface area (Å²) in [6.45, 7) is 17.7. The third-order valence-electron chi connectivity index (χ3n) is 4.28. The maximum absolute atomic E-state index is 11.7. The number of likely N-dealkylation sites (tertiary alicyclic amines) is 1. The van der Waals surface area contributed by atoms with Gasteiger partial charge in [-0.05, 0) is 25.3 Å². The molecule has 0 amide bonds. The first-order valence-corrected chi connectivity index (χ1v) is 11.0. The molecule has 0 spiro atoms. The maximum atomic E-state index is 11.7. The van der Waals surface area contributed by atoms with Crippen molar-refractivity contribution in [2.75, 3.05) is 13.1 Å². The van der Waals surface area contributed by atoms with Gasteiger partial charge in [0.1, 0.15) is 5.52 Å². The van der Waals surface area contributed by atoms with Gasteiger partial charge in [0, 0.05) is 24.8 Å². The summed E-state index contributed by atoms with van der Waals surface area (Å²) in [6.07, 6.45) is 9.92. The standard InChI is InChI=1S/C15H22N4O.C3H8.2C2H6/c1-2-3-4-11-5-6-19(8-11)9-12-7-16-14-13(12)17-10-18-15(14)20;1-3-2;2*1-2/h7,10-11,16H,2-6,8-9H2,1H3,(H,17,18,20);3H2,1-2H3;2*1-2H3/t11-;;;/m1.../s1. The van der Waals surface area contributed by atoms with Crippen LogP contribution < -0.4 is 5.56 Å². The molecule has 1 fully saturated rings. The molecular weight excluding hydrogens is 336 g/mol. The minimum Gasteiger partial charge on any atom is -0.355 e. The van der Waals surface area contributed by atoms with Gasteiger partial charge in [-0.1, -0.05) is 67.7 Å². The van der Waals surface area contributed by atoms with Gasteiger partial charge in [-0.3, -0.25) is 9.69 Å². The van der Waals surface area contributed by atoms with E-state index in [9.17, 15) is 4.79 Å². The summed E-state index contributed by atoms with van der Waals surface area (Å²) in [5, 5.41) is 0. The molecule has 0 unspecified atom stereocenters. The Morgan fingerprint density at radius 2 is 1.81 bits per heavy atom. The van der Waals surface area contributed by atoms with Crippen LogP contribution in [0.2, 0.25) is 0 Å². The van der Waals surface area contributed by atoms with Crippen molar-refractivity contribution in [3.63, 3.8) is 0 Å². The van der Waals surface area contributed by atoms with Crippen LogP contribution in [0.1, 0.15) is 86.1 Å². The summed E-state index contributed by atoms with van der Waals surface area (Å²) in [7, 11) is 0. The van der Waals surface area contributed by atoms with E-state index in [1.54, 1.807) is 0 Å². The first-order chi connectivity index (χ1) is 13.2. The fourth-order valence-electron chi connectivity index (χ4n) is 3.15. The third-order valence-corrected chi connectivity index (χ3v) is 4.28. The normalized spacial score (nSPS) is 15.9. The molecule has 2 aromatic rings. The van der Waals surface area contributed by atoms with E-state index in [1.165, 1.54) is 45.0 Å². The van der Waals surface area contributed by atoms with E-state index in [4.69, 9.17) is 0 Å². The van der Waals surface area contributed by atoms with Crippen molar-refractivity contribution in [3.8, 4) is 0 Å². The number of aromatic amines is 2. The molecule has 5 heteroatoms. The van der Waals surface area contributed by atoms with Gasteiger partial charge in [0.25, 0.3) is 5.56 Å². The summed E-state index contributed by atoms with van der Waals surface area (Å²) in [5.41, 5.74) is 2.43. The highest BCUT2D eigenvalue weighted by molar-refractivity contribution is 5.77. The Bertz CT molecular complexity index is 647. The number of unbranched alkanes of at least 4 members (excludes halogenated alkanes) is 1. The van der Waals surface area contributed by atoms with Crippen LogP contribution in [0.15, 0.2) is 17.3 Å². The SMILES string of the molecule is CC.CC.CCC.CCCC[C@@H]1CCN(Cc2c[nH]c3c(=O)[nH]cnc23)C1. The smallest absolute Gasteiger partial charge is 0.275 e. The lowest BCUT2D eigenvalue weighted by Crippen LogP contribution is -2.20. The van der Waals surface area contributed by atoms with E-state index in [2.05, 4.69) is 40.6 Å². The van der Waals surface area contributed by atoms with Crippen LogP contribution in [0.4, 0.5) is 0 Å². The summed E-state index contributed by atoms with van der Waals surface area (Å²) in [6, 6.07) is 0. The molecule has 3 heterocycles.